The molecule has 0 unspecified atom stereocenters. The lowest BCUT2D eigenvalue weighted by Crippen LogP contribution is -2.33. The number of fused-ring (bicyclic) bond motifs is 1. The first-order valence-electron chi connectivity index (χ1n) is 11.8. The Morgan fingerprint density at radius 1 is 1.03 bits per heavy atom. The zero-order chi connectivity index (χ0) is 24.1. The second-order valence-corrected chi connectivity index (χ2v) is 9.15. The maximum Gasteiger partial charge on any atom is 0.224 e. The van der Waals surface area contributed by atoms with Crippen molar-refractivity contribution in [3.63, 3.8) is 0 Å². The SMILES string of the molecule is Cc1cc(N2CCC(C)CC2)nc2ccc(NC(=O)CCC(=O)NCc3ccc(F)cc3)cc12. The third-order valence-electron chi connectivity index (χ3n) is 6.38. The van der Waals surface area contributed by atoms with E-state index in [1.54, 1.807) is 12.1 Å². The van der Waals surface area contributed by atoms with Crippen LogP contribution in [-0.4, -0.2) is 29.9 Å². The second kappa shape index (κ2) is 10.6. The first kappa shape index (κ1) is 23.7. The molecule has 0 aliphatic carbocycles. The average Bonchev–Trinajstić information content (AvgIpc) is 2.83. The number of hydrogen-bond acceptors (Lipinski definition) is 4. The largest absolute Gasteiger partial charge is 0.357 e. The Labute approximate surface area is 199 Å². The highest BCUT2D eigenvalue weighted by Gasteiger charge is 2.18. The molecule has 4 rings (SSSR count). The van der Waals surface area contributed by atoms with Gasteiger partial charge in [0.15, 0.2) is 0 Å². The van der Waals surface area contributed by atoms with Crippen molar-refractivity contribution in [3.05, 3.63) is 65.5 Å². The first-order valence-corrected chi connectivity index (χ1v) is 11.8. The van der Waals surface area contributed by atoms with Crippen molar-refractivity contribution in [1.82, 2.24) is 10.3 Å². The molecule has 3 aromatic rings. The van der Waals surface area contributed by atoms with Gasteiger partial charge >= 0.3 is 0 Å². The third kappa shape index (κ3) is 6.10. The van der Waals surface area contributed by atoms with E-state index in [-0.39, 0.29) is 30.5 Å². The van der Waals surface area contributed by atoms with Crippen LogP contribution in [0.3, 0.4) is 0 Å². The summed E-state index contributed by atoms with van der Waals surface area (Å²) in [5.74, 6) is 1.02. The zero-order valence-corrected chi connectivity index (χ0v) is 19.7. The highest BCUT2D eigenvalue weighted by molar-refractivity contribution is 5.96. The van der Waals surface area contributed by atoms with E-state index in [2.05, 4.69) is 35.4 Å². The van der Waals surface area contributed by atoms with E-state index in [1.165, 1.54) is 25.0 Å². The highest BCUT2D eigenvalue weighted by Crippen LogP contribution is 2.28. The lowest BCUT2D eigenvalue weighted by Gasteiger charge is -2.31. The van der Waals surface area contributed by atoms with Gasteiger partial charge in [0.1, 0.15) is 11.6 Å². The molecule has 2 heterocycles. The number of anilines is 2. The van der Waals surface area contributed by atoms with E-state index in [1.807, 2.05) is 18.2 Å². The smallest absolute Gasteiger partial charge is 0.224 e. The van der Waals surface area contributed by atoms with Crippen molar-refractivity contribution < 1.29 is 14.0 Å². The number of benzene rings is 2. The molecule has 178 valence electrons. The van der Waals surface area contributed by atoms with Crippen LogP contribution in [0.4, 0.5) is 15.9 Å². The summed E-state index contributed by atoms with van der Waals surface area (Å²) in [6.07, 6.45) is 2.54. The topological polar surface area (TPSA) is 74.3 Å². The van der Waals surface area contributed by atoms with Crippen LogP contribution < -0.4 is 15.5 Å². The summed E-state index contributed by atoms with van der Waals surface area (Å²) in [6.45, 7) is 6.73. The molecule has 1 aliphatic heterocycles. The monoisotopic (exact) mass is 462 g/mol. The Morgan fingerprint density at radius 2 is 1.74 bits per heavy atom. The maximum absolute atomic E-state index is 13.0. The summed E-state index contributed by atoms with van der Waals surface area (Å²) < 4.78 is 13.0. The lowest BCUT2D eigenvalue weighted by atomic mass is 9.99. The minimum Gasteiger partial charge on any atom is -0.357 e. The number of halogens is 1. The number of rotatable bonds is 7. The summed E-state index contributed by atoms with van der Waals surface area (Å²) in [6, 6.07) is 13.8. The Balaban J connectivity index is 1.31. The van der Waals surface area contributed by atoms with Gasteiger partial charge in [-0.25, -0.2) is 9.37 Å². The van der Waals surface area contributed by atoms with Crippen molar-refractivity contribution >= 4 is 34.2 Å². The minimum absolute atomic E-state index is 0.0802. The van der Waals surface area contributed by atoms with Crippen molar-refractivity contribution in [2.75, 3.05) is 23.3 Å². The van der Waals surface area contributed by atoms with Crippen LogP contribution in [0.2, 0.25) is 0 Å². The van der Waals surface area contributed by atoms with Crippen LogP contribution in [0.25, 0.3) is 10.9 Å². The van der Waals surface area contributed by atoms with E-state index in [0.29, 0.717) is 12.2 Å². The standard InChI is InChI=1S/C27H31FN4O2/c1-18-11-13-32(14-12-18)25-15-19(2)23-16-22(7-8-24(23)31-25)30-27(34)10-9-26(33)29-17-20-3-5-21(28)6-4-20/h3-8,15-16,18H,9-14,17H2,1-2H3,(H,29,33)(H,30,34). The molecule has 0 bridgehead atoms. The summed E-state index contributed by atoms with van der Waals surface area (Å²) in [4.78, 5) is 31.6. The second-order valence-electron chi connectivity index (χ2n) is 9.15. The Kier molecular flexibility index (Phi) is 7.40. The van der Waals surface area contributed by atoms with Crippen LogP contribution in [0, 0.1) is 18.7 Å². The quantitative estimate of drug-likeness (QED) is 0.521. The number of carbonyl (C=O) groups is 2. The van der Waals surface area contributed by atoms with Gasteiger partial charge in [0, 0.05) is 43.5 Å². The van der Waals surface area contributed by atoms with Crippen LogP contribution >= 0.6 is 0 Å². The molecule has 1 aliphatic rings. The minimum atomic E-state index is -0.316. The predicted octanol–water partition coefficient (Wildman–Crippen LogP) is 4.95. The fraction of sp³-hybridized carbons (Fsp3) is 0.370. The van der Waals surface area contributed by atoms with Gasteiger partial charge in [-0.2, -0.15) is 0 Å². The Bertz CT molecular complexity index is 1170. The van der Waals surface area contributed by atoms with Gasteiger partial charge in [-0.1, -0.05) is 19.1 Å². The maximum atomic E-state index is 13.0. The summed E-state index contributed by atoms with van der Waals surface area (Å²) in [7, 11) is 0. The van der Waals surface area contributed by atoms with E-state index >= 15 is 0 Å². The van der Waals surface area contributed by atoms with Crippen LogP contribution in [-0.2, 0) is 16.1 Å². The van der Waals surface area contributed by atoms with Gasteiger partial charge in [-0.05, 0) is 73.2 Å². The lowest BCUT2D eigenvalue weighted by molar-refractivity contribution is -0.124. The molecule has 2 N–H and O–H groups in total. The number of aromatic nitrogens is 1. The number of nitrogens with one attached hydrogen (secondary N) is 2. The van der Waals surface area contributed by atoms with Crippen molar-refractivity contribution in [3.8, 4) is 0 Å². The molecular weight excluding hydrogens is 431 g/mol. The number of aryl methyl sites for hydroxylation is 1. The highest BCUT2D eigenvalue weighted by atomic mass is 19.1. The Hall–Kier alpha value is -3.48. The van der Waals surface area contributed by atoms with Crippen LogP contribution in [0.15, 0.2) is 48.5 Å². The van der Waals surface area contributed by atoms with E-state index in [4.69, 9.17) is 4.98 Å². The van der Waals surface area contributed by atoms with Crippen molar-refractivity contribution in [2.24, 2.45) is 5.92 Å². The van der Waals surface area contributed by atoms with E-state index < -0.39 is 0 Å². The number of amides is 2. The van der Waals surface area contributed by atoms with Crippen LogP contribution in [0.5, 0.6) is 0 Å². The molecule has 2 aromatic carbocycles. The zero-order valence-electron chi connectivity index (χ0n) is 19.7. The summed E-state index contributed by atoms with van der Waals surface area (Å²) in [5, 5.41) is 6.63. The molecule has 2 amide bonds. The summed E-state index contributed by atoms with van der Waals surface area (Å²) >= 11 is 0. The molecule has 0 saturated carbocycles. The van der Waals surface area contributed by atoms with E-state index in [0.717, 1.165) is 46.9 Å². The molecule has 1 fully saturated rings. The number of pyridine rings is 1. The fourth-order valence-corrected chi connectivity index (χ4v) is 4.20. The van der Waals surface area contributed by atoms with Crippen molar-refractivity contribution in [2.45, 2.75) is 46.1 Å². The Morgan fingerprint density at radius 3 is 2.47 bits per heavy atom. The average molecular weight is 463 g/mol. The van der Waals surface area contributed by atoms with Gasteiger partial charge in [-0.15, -0.1) is 0 Å². The van der Waals surface area contributed by atoms with Gasteiger partial charge in [0.2, 0.25) is 11.8 Å². The summed E-state index contributed by atoms with van der Waals surface area (Å²) in [5.41, 5.74) is 3.52. The molecule has 6 nitrogen and oxygen atoms in total. The van der Waals surface area contributed by atoms with Gasteiger partial charge in [0.05, 0.1) is 5.52 Å². The molecule has 1 aromatic heterocycles. The van der Waals surface area contributed by atoms with Gasteiger partial charge in [0.25, 0.3) is 0 Å². The molecule has 1 saturated heterocycles. The molecular formula is C27H31FN4O2. The van der Waals surface area contributed by atoms with Crippen LogP contribution in [0.1, 0.15) is 43.7 Å². The number of hydrogen-bond donors (Lipinski definition) is 2. The first-order chi connectivity index (χ1) is 16.4. The van der Waals surface area contributed by atoms with Gasteiger partial charge in [-0.3, -0.25) is 9.59 Å². The number of nitrogens with zero attached hydrogens (tertiary/aromatic N) is 2. The molecule has 0 atom stereocenters. The third-order valence-corrected chi connectivity index (χ3v) is 6.38. The molecule has 7 heteroatoms. The van der Waals surface area contributed by atoms with E-state index in [9.17, 15) is 14.0 Å². The molecule has 0 radical (unpaired) electrons. The number of piperidine rings is 1. The normalized spacial score (nSPS) is 14.3. The fourth-order valence-electron chi connectivity index (χ4n) is 4.20. The van der Waals surface area contributed by atoms with Crippen molar-refractivity contribution in [1.29, 1.82) is 0 Å². The number of carbonyl (C=O) groups excluding carboxylic acids is 2. The van der Waals surface area contributed by atoms with Gasteiger partial charge < -0.3 is 15.5 Å². The predicted molar refractivity (Wildman–Crippen MR) is 133 cm³/mol. The molecule has 0 spiro atoms. The molecule has 34 heavy (non-hydrogen) atoms.